The van der Waals surface area contributed by atoms with Gasteiger partial charge in [0.05, 0.1) is 0 Å². The SMILES string of the molecule is CCCCCc1cc(C(=O)S)c[nH]1. The summed E-state index contributed by atoms with van der Waals surface area (Å²) in [4.78, 5) is 13.9. The van der Waals surface area contributed by atoms with Gasteiger partial charge in [-0.25, -0.2) is 0 Å². The quantitative estimate of drug-likeness (QED) is 0.552. The summed E-state index contributed by atoms with van der Waals surface area (Å²) >= 11 is 3.75. The van der Waals surface area contributed by atoms with Crippen molar-refractivity contribution >= 4 is 17.7 Å². The molecule has 0 bridgehead atoms. The summed E-state index contributed by atoms with van der Waals surface area (Å²) in [6, 6.07) is 1.88. The van der Waals surface area contributed by atoms with Crippen molar-refractivity contribution in [1.82, 2.24) is 4.98 Å². The van der Waals surface area contributed by atoms with Crippen molar-refractivity contribution in [3.05, 3.63) is 23.5 Å². The molecule has 0 amide bonds. The number of carbonyl (C=O) groups excluding carboxylic acids is 1. The molecule has 72 valence electrons. The second kappa shape index (κ2) is 5.12. The number of aromatic nitrogens is 1. The Bertz CT molecular complexity index is 280. The summed E-state index contributed by atoms with van der Waals surface area (Å²) < 4.78 is 0. The lowest BCUT2D eigenvalue weighted by Crippen LogP contribution is -1.85. The molecule has 1 rings (SSSR count). The van der Waals surface area contributed by atoms with Gasteiger partial charge in [0.1, 0.15) is 0 Å². The first-order valence-electron chi connectivity index (χ1n) is 4.64. The van der Waals surface area contributed by atoms with Crippen LogP contribution in [0.15, 0.2) is 12.3 Å². The van der Waals surface area contributed by atoms with E-state index in [0.29, 0.717) is 5.56 Å². The lowest BCUT2D eigenvalue weighted by Gasteiger charge is -1.94. The molecule has 2 nitrogen and oxygen atoms in total. The predicted molar refractivity (Wildman–Crippen MR) is 57.3 cm³/mol. The number of carbonyl (C=O) groups is 1. The maximum atomic E-state index is 10.8. The van der Waals surface area contributed by atoms with Gasteiger partial charge in [-0.3, -0.25) is 4.79 Å². The molecule has 0 aliphatic rings. The summed E-state index contributed by atoms with van der Waals surface area (Å²) in [6.07, 6.45) is 6.38. The number of aryl methyl sites for hydroxylation is 1. The molecule has 1 aromatic rings. The first kappa shape index (κ1) is 10.4. The Morgan fingerprint density at radius 2 is 2.31 bits per heavy atom. The largest absolute Gasteiger partial charge is 0.364 e. The molecule has 0 saturated carbocycles. The number of H-pyrrole nitrogens is 1. The van der Waals surface area contributed by atoms with Gasteiger partial charge in [0, 0.05) is 17.5 Å². The first-order valence-corrected chi connectivity index (χ1v) is 5.09. The fraction of sp³-hybridized carbons (Fsp3) is 0.500. The van der Waals surface area contributed by atoms with Gasteiger partial charge in [-0.1, -0.05) is 19.8 Å². The molecule has 1 heterocycles. The van der Waals surface area contributed by atoms with Crippen LogP contribution < -0.4 is 0 Å². The Kier molecular flexibility index (Phi) is 4.09. The van der Waals surface area contributed by atoms with Crippen molar-refractivity contribution in [2.45, 2.75) is 32.6 Å². The number of hydrogen-bond donors (Lipinski definition) is 2. The van der Waals surface area contributed by atoms with Crippen LogP contribution in [0.3, 0.4) is 0 Å². The van der Waals surface area contributed by atoms with Crippen LogP contribution in [-0.2, 0) is 6.42 Å². The Morgan fingerprint density at radius 3 is 2.85 bits per heavy atom. The number of unbranched alkanes of at least 4 members (excludes halogenated alkanes) is 2. The third-order valence-electron chi connectivity index (χ3n) is 2.04. The van der Waals surface area contributed by atoms with E-state index in [1.54, 1.807) is 6.20 Å². The lowest BCUT2D eigenvalue weighted by atomic mass is 10.1. The summed E-state index contributed by atoms with van der Waals surface area (Å²) in [7, 11) is 0. The molecule has 0 aliphatic heterocycles. The van der Waals surface area contributed by atoms with E-state index in [-0.39, 0.29) is 5.12 Å². The highest BCUT2D eigenvalue weighted by molar-refractivity contribution is 7.97. The Labute approximate surface area is 84.1 Å². The molecule has 1 aromatic heterocycles. The summed E-state index contributed by atoms with van der Waals surface area (Å²) in [5.41, 5.74) is 1.79. The highest BCUT2D eigenvalue weighted by atomic mass is 32.1. The standard InChI is InChI=1S/C10H15NOS/c1-2-3-4-5-9-6-8(7-11-9)10(12)13/h6-7,11H,2-5H2,1H3,(H,12,13). The zero-order valence-electron chi connectivity index (χ0n) is 7.84. The van der Waals surface area contributed by atoms with Gasteiger partial charge >= 0.3 is 0 Å². The topological polar surface area (TPSA) is 32.9 Å². The van der Waals surface area contributed by atoms with E-state index in [0.717, 1.165) is 12.1 Å². The lowest BCUT2D eigenvalue weighted by molar-refractivity contribution is 0.109. The minimum atomic E-state index is -0.169. The van der Waals surface area contributed by atoms with Gasteiger partial charge in [0.15, 0.2) is 0 Å². The van der Waals surface area contributed by atoms with E-state index < -0.39 is 0 Å². The Morgan fingerprint density at radius 1 is 1.54 bits per heavy atom. The average molecular weight is 197 g/mol. The van der Waals surface area contributed by atoms with E-state index in [1.807, 2.05) is 6.07 Å². The normalized spacial score (nSPS) is 10.3. The van der Waals surface area contributed by atoms with Crippen LogP contribution in [0.1, 0.15) is 42.2 Å². The molecule has 0 aliphatic carbocycles. The molecule has 13 heavy (non-hydrogen) atoms. The van der Waals surface area contributed by atoms with Crippen LogP contribution in [0.5, 0.6) is 0 Å². The maximum Gasteiger partial charge on any atom is 0.217 e. The van der Waals surface area contributed by atoms with Gasteiger partial charge in [-0.15, -0.1) is 12.6 Å². The molecule has 3 heteroatoms. The fourth-order valence-electron chi connectivity index (χ4n) is 1.27. The van der Waals surface area contributed by atoms with E-state index >= 15 is 0 Å². The van der Waals surface area contributed by atoms with Crippen LogP contribution in [0, 0.1) is 0 Å². The highest BCUT2D eigenvalue weighted by Crippen LogP contribution is 2.09. The number of rotatable bonds is 5. The van der Waals surface area contributed by atoms with Gasteiger partial charge in [0.2, 0.25) is 5.12 Å². The fourth-order valence-corrected chi connectivity index (χ4v) is 1.40. The molecule has 0 radical (unpaired) electrons. The van der Waals surface area contributed by atoms with E-state index in [4.69, 9.17) is 0 Å². The van der Waals surface area contributed by atoms with Crippen LogP contribution in [0.2, 0.25) is 0 Å². The number of thiol groups is 1. The predicted octanol–water partition coefficient (Wildman–Crippen LogP) is 2.82. The average Bonchev–Trinajstić information content (AvgIpc) is 2.53. The first-order chi connectivity index (χ1) is 6.24. The van der Waals surface area contributed by atoms with Crippen LogP contribution in [0.25, 0.3) is 0 Å². The maximum absolute atomic E-state index is 10.8. The molecule has 0 unspecified atom stereocenters. The summed E-state index contributed by atoms with van der Waals surface area (Å²) in [6.45, 7) is 2.18. The zero-order chi connectivity index (χ0) is 9.68. The van der Waals surface area contributed by atoms with Crippen molar-refractivity contribution in [2.24, 2.45) is 0 Å². The Hall–Kier alpha value is -0.700. The van der Waals surface area contributed by atoms with E-state index in [2.05, 4.69) is 24.5 Å². The van der Waals surface area contributed by atoms with E-state index in [9.17, 15) is 4.79 Å². The van der Waals surface area contributed by atoms with Crippen LogP contribution in [0.4, 0.5) is 0 Å². The minimum absolute atomic E-state index is 0.169. The van der Waals surface area contributed by atoms with Gasteiger partial charge in [-0.05, 0) is 18.9 Å². The molecule has 0 saturated heterocycles. The Balaban J connectivity index is 2.44. The van der Waals surface area contributed by atoms with Crippen molar-refractivity contribution in [1.29, 1.82) is 0 Å². The molecule has 0 spiro atoms. The third-order valence-corrected chi connectivity index (χ3v) is 2.30. The minimum Gasteiger partial charge on any atom is -0.364 e. The smallest absolute Gasteiger partial charge is 0.217 e. The van der Waals surface area contributed by atoms with Crippen LogP contribution in [-0.4, -0.2) is 10.1 Å². The molecular weight excluding hydrogens is 182 g/mol. The summed E-state index contributed by atoms with van der Waals surface area (Å²) in [5.74, 6) is 0. The third kappa shape index (κ3) is 3.27. The van der Waals surface area contributed by atoms with Gasteiger partial charge in [-0.2, -0.15) is 0 Å². The van der Waals surface area contributed by atoms with Crippen LogP contribution >= 0.6 is 12.6 Å². The summed E-state index contributed by atoms with van der Waals surface area (Å²) in [5, 5.41) is -0.169. The molecule has 1 N–H and O–H groups in total. The number of nitrogens with one attached hydrogen (secondary N) is 1. The van der Waals surface area contributed by atoms with Gasteiger partial charge < -0.3 is 4.98 Å². The van der Waals surface area contributed by atoms with Crippen molar-refractivity contribution in [2.75, 3.05) is 0 Å². The zero-order valence-corrected chi connectivity index (χ0v) is 8.73. The monoisotopic (exact) mass is 197 g/mol. The molecule has 0 atom stereocenters. The second-order valence-corrected chi connectivity index (χ2v) is 3.58. The van der Waals surface area contributed by atoms with Crippen molar-refractivity contribution < 1.29 is 4.79 Å². The molecule has 0 aromatic carbocycles. The highest BCUT2D eigenvalue weighted by Gasteiger charge is 2.02. The van der Waals surface area contributed by atoms with Crippen molar-refractivity contribution in [3.63, 3.8) is 0 Å². The van der Waals surface area contributed by atoms with E-state index in [1.165, 1.54) is 19.3 Å². The number of aromatic amines is 1. The molecule has 0 fully saturated rings. The number of hydrogen-bond acceptors (Lipinski definition) is 1. The molecular formula is C10H15NOS. The van der Waals surface area contributed by atoms with Crippen molar-refractivity contribution in [3.8, 4) is 0 Å². The second-order valence-electron chi connectivity index (χ2n) is 3.18. The van der Waals surface area contributed by atoms with Gasteiger partial charge in [0.25, 0.3) is 0 Å².